The molecule has 2 aromatic carbocycles. The average Bonchev–Trinajstić information content (AvgIpc) is 3.15. The van der Waals surface area contributed by atoms with Crippen LogP contribution < -0.4 is 0 Å². The van der Waals surface area contributed by atoms with Crippen LogP contribution in [0.4, 0.5) is 0 Å². The van der Waals surface area contributed by atoms with E-state index in [0.29, 0.717) is 5.92 Å². The number of nitrogens with zero attached hydrogens (tertiary/aromatic N) is 1. The maximum atomic E-state index is 6.55. The zero-order valence-corrected chi connectivity index (χ0v) is 18.0. The first-order chi connectivity index (χ1) is 13.9. The highest BCUT2D eigenvalue weighted by atomic mass is 16.3. The van der Waals surface area contributed by atoms with Crippen LogP contribution in [0.25, 0.3) is 22.3 Å². The minimum absolute atomic E-state index is 0.179. The lowest BCUT2D eigenvalue weighted by molar-refractivity contribution is 0.579. The zero-order chi connectivity index (χ0) is 20.7. The molecule has 0 N–H and O–H groups in total. The Morgan fingerprint density at radius 3 is 2.52 bits per heavy atom. The molecule has 29 heavy (non-hydrogen) atoms. The predicted octanol–water partition coefficient (Wildman–Crippen LogP) is 7.65. The number of hydrogen-bond acceptors (Lipinski definition) is 2. The standard InChI is InChI=1S/C27H29NO/c1-7-11-17(4)26-23-14-21(16(2)3)22-15-24(20-12-9-8-10-13-20)29-27(22)25(23)18(5)19(6)28-26/h7-16,18-19H,4H2,1-3,5-6H3/b11-7-. The maximum Gasteiger partial charge on any atom is 0.139 e. The van der Waals surface area contributed by atoms with Gasteiger partial charge in [-0.05, 0) is 43.0 Å². The number of allylic oxidation sites excluding steroid dienone is 3. The Morgan fingerprint density at radius 1 is 1.14 bits per heavy atom. The van der Waals surface area contributed by atoms with Gasteiger partial charge in [0.05, 0.1) is 11.8 Å². The number of aliphatic imine (C=N–C) groups is 1. The molecule has 0 fully saturated rings. The van der Waals surface area contributed by atoms with Crippen molar-refractivity contribution >= 4 is 16.7 Å². The maximum absolute atomic E-state index is 6.55. The summed E-state index contributed by atoms with van der Waals surface area (Å²) in [5.41, 5.74) is 7.79. The van der Waals surface area contributed by atoms with Crippen molar-refractivity contribution in [3.63, 3.8) is 0 Å². The van der Waals surface area contributed by atoms with Crippen LogP contribution >= 0.6 is 0 Å². The van der Waals surface area contributed by atoms with Crippen LogP contribution in [0.15, 0.2) is 76.2 Å². The third-order valence-electron chi connectivity index (χ3n) is 6.00. The van der Waals surface area contributed by atoms with Gasteiger partial charge in [-0.1, -0.05) is 69.8 Å². The second kappa shape index (κ2) is 7.51. The van der Waals surface area contributed by atoms with Crippen molar-refractivity contribution < 1.29 is 4.42 Å². The zero-order valence-electron chi connectivity index (χ0n) is 18.0. The molecule has 4 rings (SSSR count). The SMILES string of the molecule is C=C(/C=C\C)C1=NC(C)C(C)c2c1cc(C(C)C)c1cc(-c3ccccc3)oc21. The monoisotopic (exact) mass is 383 g/mol. The second-order valence-corrected chi connectivity index (χ2v) is 8.33. The van der Waals surface area contributed by atoms with Crippen molar-refractivity contribution in [3.8, 4) is 11.3 Å². The Morgan fingerprint density at radius 2 is 1.86 bits per heavy atom. The molecule has 2 heteroatoms. The van der Waals surface area contributed by atoms with Crippen molar-refractivity contribution in [3.05, 3.63) is 83.5 Å². The Hall–Kier alpha value is -2.87. The molecule has 1 aliphatic rings. The van der Waals surface area contributed by atoms with Gasteiger partial charge in [0.2, 0.25) is 0 Å². The summed E-state index contributed by atoms with van der Waals surface area (Å²) in [5, 5.41) is 1.22. The second-order valence-electron chi connectivity index (χ2n) is 8.33. The molecule has 2 atom stereocenters. The van der Waals surface area contributed by atoms with Gasteiger partial charge in [0.15, 0.2) is 0 Å². The number of fused-ring (bicyclic) bond motifs is 3. The molecular formula is C27H29NO. The van der Waals surface area contributed by atoms with E-state index in [4.69, 9.17) is 9.41 Å². The van der Waals surface area contributed by atoms with Crippen LogP contribution in [0, 0.1) is 0 Å². The van der Waals surface area contributed by atoms with Gasteiger partial charge >= 0.3 is 0 Å². The van der Waals surface area contributed by atoms with E-state index in [2.05, 4.69) is 70.7 Å². The van der Waals surface area contributed by atoms with Crippen molar-refractivity contribution in [2.24, 2.45) is 4.99 Å². The Kier molecular flexibility index (Phi) is 5.04. The van der Waals surface area contributed by atoms with Crippen molar-refractivity contribution in [2.45, 2.75) is 52.5 Å². The third kappa shape index (κ3) is 3.27. The lowest BCUT2D eigenvalue weighted by Gasteiger charge is -2.29. The summed E-state index contributed by atoms with van der Waals surface area (Å²) in [4.78, 5) is 5.02. The molecule has 0 saturated heterocycles. The van der Waals surface area contributed by atoms with Gasteiger partial charge in [0, 0.05) is 28.0 Å². The van der Waals surface area contributed by atoms with Crippen LogP contribution in [0.3, 0.4) is 0 Å². The molecule has 0 radical (unpaired) electrons. The molecular weight excluding hydrogens is 354 g/mol. The number of hydrogen-bond donors (Lipinski definition) is 0. The van der Waals surface area contributed by atoms with E-state index in [1.54, 1.807) is 0 Å². The summed E-state index contributed by atoms with van der Waals surface area (Å²) in [6.07, 6.45) is 4.07. The van der Waals surface area contributed by atoms with E-state index in [9.17, 15) is 0 Å². The molecule has 2 nitrogen and oxygen atoms in total. The predicted molar refractivity (Wildman–Crippen MR) is 124 cm³/mol. The molecule has 0 spiro atoms. The first kappa shape index (κ1) is 19.4. The van der Waals surface area contributed by atoms with Crippen LogP contribution in [-0.2, 0) is 0 Å². The molecule has 2 heterocycles. The normalized spacial score (nSPS) is 19.0. The van der Waals surface area contributed by atoms with Gasteiger partial charge in [0.1, 0.15) is 11.3 Å². The van der Waals surface area contributed by atoms with Crippen molar-refractivity contribution in [1.29, 1.82) is 0 Å². The molecule has 0 saturated carbocycles. The van der Waals surface area contributed by atoms with Crippen LogP contribution in [0.1, 0.15) is 63.1 Å². The molecule has 0 aliphatic carbocycles. The average molecular weight is 384 g/mol. The van der Waals surface area contributed by atoms with Gasteiger partial charge in [-0.25, -0.2) is 0 Å². The van der Waals surface area contributed by atoms with Crippen LogP contribution in [0.5, 0.6) is 0 Å². The number of rotatable bonds is 4. The summed E-state index contributed by atoms with van der Waals surface area (Å²) in [6, 6.07) is 15.1. The van der Waals surface area contributed by atoms with Gasteiger partial charge in [-0.15, -0.1) is 0 Å². The van der Waals surface area contributed by atoms with Gasteiger partial charge in [-0.2, -0.15) is 0 Å². The summed E-state index contributed by atoms with van der Waals surface area (Å²) in [7, 11) is 0. The fourth-order valence-electron chi connectivity index (χ4n) is 4.27. The molecule has 2 unspecified atom stereocenters. The Labute approximate surface area is 173 Å². The number of furan rings is 1. The highest BCUT2D eigenvalue weighted by molar-refractivity contribution is 6.17. The highest BCUT2D eigenvalue weighted by Crippen LogP contribution is 2.43. The molecule has 1 aromatic heterocycles. The molecule has 1 aliphatic heterocycles. The highest BCUT2D eigenvalue weighted by Gasteiger charge is 2.31. The fraction of sp³-hybridized carbons (Fsp3) is 0.296. The summed E-state index contributed by atoms with van der Waals surface area (Å²) >= 11 is 0. The Balaban J connectivity index is 2.04. The van der Waals surface area contributed by atoms with Crippen molar-refractivity contribution in [2.75, 3.05) is 0 Å². The molecule has 0 bridgehead atoms. The quantitative estimate of drug-likeness (QED) is 0.425. The minimum Gasteiger partial charge on any atom is -0.456 e. The lowest BCUT2D eigenvalue weighted by Crippen LogP contribution is -2.23. The third-order valence-corrected chi connectivity index (χ3v) is 6.00. The topological polar surface area (TPSA) is 25.5 Å². The van der Waals surface area contributed by atoms with Crippen LogP contribution in [-0.4, -0.2) is 11.8 Å². The van der Waals surface area contributed by atoms with Crippen LogP contribution in [0.2, 0.25) is 0 Å². The summed E-state index contributed by atoms with van der Waals surface area (Å²) < 4.78 is 6.55. The molecule has 148 valence electrons. The van der Waals surface area contributed by atoms with Gasteiger partial charge in [0.25, 0.3) is 0 Å². The smallest absolute Gasteiger partial charge is 0.139 e. The summed E-state index contributed by atoms with van der Waals surface area (Å²) in [6.45, 7) is 15.2. The lowest BCUT2D eigenvalue weighted by atomic mass is 9.80. The molecule has 0 amide bonds. The minimum atomic E-state index is 0.179. The van der Waals surface area contributed by atoms with E-state index in [-0.39, 0.29) is 12.0 Å². The largest absolute Gasteiger partial charge is 0.456 e. The number of benzene rings is 2. The van der Waals surface area contributed by atoms with E-state index in [1.807, 2.05) is 25.1 Å². The van der Waals surface area contributed by atoms with E-state index in [0.717, 1.165) is 28.2 Å². The molecule has 3 aromatic rings. The van der Waals surface area contributed by atoms with Gasteiger partial charge in [-0.3, -0.25) is 4.99 Å². The van der Waals surface area contributed by atoms with E-state index in [1.165, 1.54) is 22.1 Å². The first-order valence-electron chi connectivity index (χ1n) is 10.5. The Bertz CT molecular complexity index is 1130. The summed E-state index contributed by atoms with van der Waals surface area (Å²) in [5.74, 6) is 1.59. The van der Waals surface area contributed by atoms with E-state index < -0.39 is 0 Å². The van der Waals surface area contributed by atoms with E-state index >= 15 is 0 Å². The van der Waals surface area contributed by atoms with Gasteiger partial charge < -0.3 is 4.42 Å². The fourth-order valence-corrected chi connectivity index (χ4v) is 4.27. The van der Waals surface area contributed by atoms with Crippen molar-refractivity contribution in [1.82, 2.24) is 0 Å². The first-order valence-corrected chi connectivity index (χ1v) is 10.5.